The molecule has 2 aromatic heterocycles. The SMILES string of the molecule is C/C=C/Cn1c(=O)c2c(nc3n2[C@@H](C)C(C)=NN3CC(=O)OCC)n(C)c1=O. The number of hydrogen-bond acceptors (Lipinski definition) is 7. The molecule has 150 valence electrons. The standard InChI is InChI=1S/C18H24N6O4/c1-6-8-9-22-16(26)14-15(21(5)18(22)27)19-17-23(10-13(25)28-7-2)20-11(3)12(4)24(14)17/h6,8,12H,7,9-10H2,1-5H3/b8-6+/t12-/m0/s1. The number of esters is 1. The molecule has 0 fully saturated rings. The van der Waals surface area contributed by atoms with E-state index in [-0.39, 0.29) is 31.4 Å². The van der Waals surface area contributed by atoms with Crippen LogP contribution in [-0.2, 0) is 23.1 Å². The number of carbonyl (C=O) groups is 1. The van der Waals surface area contributed by atoms with Crippen LogP contribution in [0.5, 0.6) is 0 Å². The molecule has 0 amide bonds. The molecule has 0 saturated heterocycles. The first kappa shape index (κ1) is 19.6. The van der Waals surface area contributed by atoms with Crippen molar-refractivity contribution < 1.29 is 9.53 Å². The van der Waals surface area contributed by atoms with Gasteiger partial charge in [-0.1, -0.05) is 12.2 Å². The third-order valence-corrected chi connectivity index (χ3v) is 4.77. The summed E-state index contributed by atoms with van der Waals surface area (Å²) in [5, 5.41) is 5.84. The third kappa shape index (κ3) is 3.04. The molecule has 0 saturated carbocycles. The van der Waals surface area contributed by atoms with Crippen LogP contribution in [-0.4, -0.2) is 43.5 Å². The highest BCUT2D eigenvalue weighted by atomic mass is 16.5. The van der Waals surface area contributed by atoms with Gasteiger partial charge in [-0.05, 0) is 27.7 Å². The van der Waals surface area contributed by atoms with Crippen molar-refractivity contribution in [2.45, 2.75) is 40.3 Å². The topological polar surface area (TPSA) is 104 Å². The van der Waals surface area contributed by atoms with Crippen LogP contribution < -0.4 is 16.3 Å². The number of imidazole rings is 1. The molecule has 1 aliphatic heterocycles. The highest BCUT2D eigenvalue weighted by molar-refractivity contribution is 5.92. The Labute approximate surface area is 161 Å². The van der Waals surface area contributed by atoms with E-state index in [1.807, 2.05) is 20.8 Å². The monoisotopic (exact) mass is 388 g/mol. The largest absolute Gasteiger partial charge is 0.465 e. The molecule has 0 radical (unpaired) electrons. The summed E-state index contributed by atoms with van der Waals surface area (Å²) < 4.78 is 9.25. The van der Waals surface area contributed by atoms with E-state index in [2.05, 4.69) is 10.1 Å². The summed E-state index contributed by atoms with van der Waals surface area (Å²) in [6, 6.07) is -0.251. The molecule has 3 rings (SSSR count). The van der Waals surface area contributed by atoms with Gasteiger partial charge < -0.3 is 4.74 Å². The highest BCUT2D eigenvalue weighted by Crippen LogP contribution is 2.29. The minimum absolute atomic E-state index is 0.137. The Bertz CT molecular complexity index is 1100. The zero-order chi connectivity index (χ0) is 20.6. The summed E-state index contributed by atoms with van der Waals surface area (Å²) in [6.45, 7) is 7.55. The van der Waals surface area contributed by atoms with Crippen molar-refractivity contribution in [2.24, 2.45) is 12.1 Å². The van der Waals surface area contributed by atoms with Crippen molar-refractivity contribution in [3.8, 4) is 0 Å². The van der Waals surface area contributed by atoms with E-state index in [1.54, 1.807) is 30.7 Å². The normalized spacial score (nSPS) is 16.5. The van der Waals surface area contributed by atoms with Crippen LogP contribution in [0.1, 0.15) is 33.7 Å². The van der Waals surface area contributed by atoms with Crippen molar-refractivity contribution in [3.05, 3.63) is 33.0 Å². The van der Waals surface area contributed by atoms with E-state index in [0.29, 0.717) is 17.2 Å². The molecule has 0 unspecified atom stereocenters. The molecule has 0 spiro atoms. The summed E-state index contributed by atoms with van der Waals surface area (Å²) in [7, 11) is 1.57. The number of nitrogens with zero attached hydrogens (tertiary/aromatic N) is 6. The molecular weight excluding hydrogens is 364 g/mol. The first-order valence-corrected chi connectivity index (χ1v) is 9.12. The van der Waals surface area contributed by atoms with Gasteiger partial charge in [-0.3, -0.25) is 23.3 Å². The van der Waals surface area contributed by atoms with E-state index in [0.717, 1.165) is 0 Å². The number of anilines is 1. The summed E-state index contributed by atoms with van der Waals surface area (Å²) in [6.07, 6.45) is 3.52. The van der Waals surface area contributed by atoms with E-state index in [4.69, 9.17) is 4.74 Å². The molecule has 0 bridgehead atoms. The van der Waals surface area contributed by atoms with Gasteiger partial charge in [0.05, 0.1) is 18.4 Å². The smallest absolute Gasteiger partial charge is 0.332 e. The quantitative estimate of drug-likeness (QED) is 0.554. The van der Waals surface area contributed by atoms with Crippen LogP contribution in [0.4, 0.5) is 5.95 Å². The molecule has 10 heteroatoms. The van der Waals surface area contributed by atoms with Crippen molar-refractivity contribution in [1.82, 2.24) is 18.7 Å². The number of allylic oxidation sites excluding steroid dienone is 2. The van der Waals surface area contributed by atoms with Crippen LogP contribution in [0, 0.1) is 0 Å². The summed E-state index contributed by atoms with van der Waals surface area (Å²) in [5.74, 6) is -0.122. The van der Waals surface area contributed by atoms with Gasteiger partial charge >= 0.3 is 11.7 Å². The van der Waals surface area contributed by atoms with Crippen molar-refractivity contribution in [1.29, 1.82) is 0 Å². The zero-order valence-electron chi connectivity index (χ0n) is 16.7. The third-order valence-electron chi connectivity index (χ3n) is 4.77. The minimum atomic E-state index is -0.452. The second-order valence-corrected chi connectivity index (χ2v) is 6.56. The summed E-state index contributed by atoms with van der Waals surface area (Å²) in [5.41, 5.74) is 0.398. The first-order chi connectivity index (χ1) is 13.3. The molecular formula is C18H24N6O4. The van der Waals surface area contributed by atoms with Gasteiger partial charge in [-0.2, -0.15) is 10.1 Å². The van der Waals surface area contributed by atoms with Crippen molar-refractivity contribution in [3.63, 3.8) is 0 Å². The summed E-state index contributed by atoms with van der Waals surface area (Å²) >= 11 is 0. The van der Waals surface area contributed by atoms with Crippen molar-refractivity contribution >= 4 is 28.8 Å². The highest BCUT2D eigenvalue weighted by Gasteiger charge is 2.31. The number of aromatic nitrogens is 4. The van der Waals surface area contributed by atoms with Crippen LogP contribution in [0.25, 0.3) is 11.2 Å². The number of fused-ring (bicyclic) bond motifs is 3. The fourth-order valence-corrected chi connectivity index (χ4v) is 3.19. The van der Waals surface area contributed by atoms with Gasteiger partial charge in [0.15, 0.2) is 11.2 Å². The van der Waals surface area contributed by atoms with E-state index in [1.165, 1.54) is 14.1 Å². The van der Waals surface area contributed by atoms with Gasteiger partial charge in [0, 0.05) is 13.6 Å². The lowest BCUT2D eigenvalue weighted by Crippen LogP contribution is -2.40. The van der Waals surface area contributed by atoms with Gasteiger partial charge in [0.2, 0.25) is 5.95 Å². The minimum Gasteiger partial charge on any atom is -0.465 e. The van der Waals surface area contributed by atoms with Gasteiger partial charge in [-0.15, -0.1) is 0 Å². The molecule has 10 nitrogen and oxygen atoms in total. The van der Waals surface area contributed by atoms with E-state index >= 15 is 0 Å². The van der Waals surface area contributed by atoms with Gasteiger partial charge in [0.25, 0.3) is 5.56 Å². The number of hydrogen-bond donors (Lipinski definition) is 0. The average molecular weight is 388 g/mol. The maximum Gasteiger partial charge on any atom is 0.332 e. The van der Waals surface area contributed by atoms with Gasteiger partial charge in [0.1, 0.15) is 6.54 Å². The Balaban J connectivity index is 2.27. The number of rotatable bonds is 5. The number of hydrazone groups is 1. The lowest BCUT2D eigenvalue weighted by Gasteiger charge is -2.28. The molecule has 1 atom stereocenters. The Kier molecular flexibility index (Phi) is 5.21. The second-order valence-electron chi connectivity index (χ2n) is 6.56. The molecule has 0 aromatic carbocycles. The molecule has 2 aromatic rings. The molecule has 3 heterocycles. The number of carbonyl (C=O) groups excluding carboxylic acids is 1. The lowest BCUT2D eigenvalue weighted by atomic mass is 10.2. The van der Waals surface area contributed by atoms with Crippen LogP contribution in [0.15, 0.2) is 26.8 Å². The van der Waals surface area contributed by atoms with Gasteiger partial charge in [-0.25, -0.2) is 9.80 Å². The van der Waals surface area contributed by atoms with E-state index < -0.39 is 17.2 Å². The molecule has 0 N–H and O–H groups in total. The number of ether oxygens (including phenoxy) is 1. The average Bonchev–Trinajstić information content (AvgIpc) is 3.06. The predicted molar refractivity (Wildman–Crippen MR) is 106 cm³/mol. The molecule has 28 heavy (non-hydrogen) atoms. The number of aryl methyl sites for hydroxylation is 1. The maximum atomic E-state index is 13.1. The fourth-order valence-electron chi connectivity index (χ4n) is 3.19. The van der Waals surface area contributed by atoms with Crippen LogP contribution >= 0.6 is 0 Å². The van der Waals surface area contributed by atoms with Crippen LogP contribution in [0.2, 0.25) is 0 Å². The van der Waals surface area contributed by atoms with Crippen molar-refractivity contribution in [2.75, 3.05) is 18.2 Å². The Morgan fingerprint density at radius 1 is 1.32 bits per heavy atom. The predicted octanol–water partition coefficient (Wildman–Crippen LogP) is 0.793. The second kappa shape index (κ2) is 7.45. The fraction of sp³-hybridized carbons (Fsp3) is 0.500. The Morgan fingerprint density at radius 3 is 2.68 bits per heavy atom. The Hall–Kier alpha value is -3.17. The Morgan fingerprint density at radius 2 is 2.04 bits per heavy atom. The molecule has 1 aliphatic rings. The lowest BCUT2D eigenvalue weighted by molar-refractivity contribution is -0.141. The zero-order valence-corrected chi connectivity index (χ0v) is 16.7. The summed E-state index contributed by atoms with van der Waals surface area (Å²) in [4.78, 5) is 42.2. The maximum absolute atomic E-state index is 13.1. The van der Waals surface area contributed by atoms with Crippen LogP contribution in [0.3, 0.4) is 0 Å². The van der Waals surface area contributed by atoms with E-state index in [9.17, 15) is 14.4 Å². The first-order valence-electron chi connectivity index (χ1n) is 9.12. The molecule has 0 aliphatic carbocycles.